The number of benzene rings is 2. The third kappa shape index (κ3) is 3.24. The van der Waals surface area contributed by atoms with Gasteiger partial charge in [0.05, 0.1) is 22.9 Å². The van der Waals surface area contributed by atoms with E-state index in [9.17, 15) is 4.79 Å². The number of para-hydroxylation sites is 2. The van der Waals surface area contributed by atoms with Crippen LogP contribution in [-0.4, -0.2) is 26.7 Å². The highest BCUT2D eigenvalue weighted by atomic mass is 16.1. The van der Waals surface area contributed by atoms with E-state index in [1.54, 1.807) is 0 Å². The Morgan fingerprint density at radius 1 is 1.00 bits per heavy atom. The number of imidazole rings is 1. The fourth-order valence-corrected chi connectivity index (χ4v) is 4.10. The van der Waals surface area contributed by atoms with Crippen molar-refractivity contribution >= 4 is 28.3 Å². The van der Waals surface area contributed by atoms with Gasteiger partial charge < -0.3 is 5.32 Å². The Morgan fingerprint density at radius 2 is 1.77 bits per heavy atom. The van der Waals surface area contributed by atoms with Crippen molar-refractivity contribution in [3.8, 4) is 11.3 Å². The summed E-state index contributed by atoms with van der Waals surface area (Å²) >= 11 is 0. The van der Waals surface area contributed by atoms with Gasteiger partial charge in [-0.05, 0) is 49.7 Å². The molecule has 2 heterocycles. The summed E-state index contributed by atoms with van der Waals surface area (Å²) < 4.78 is 2.18. The number of rotatable bonds is 7. The predicted molar refractivity (Wildman–Crippen MR) is 119 cm³/mol. The molecule has 0 unspecified atom stereocenters. The van der Waals surface area contributed by atoms with Crippen molar-refractivity contribution in [1.82, 2.24) is 14.4 Å². The molecule has 6 rings (SSSR count). The fraction of sp³-hybridized carbons (Fsp3) is 0.320. The zero-order valence-electron chi connectivity index (χ0n) is 16.8. The lowest BCUT2D eigenvalue weighted by atomic mass is 10.0. The summed E-state index contributed by atoms with van der Waals surface area (Å²) in [6.07, 6.45) is 7.58. The number of Topliss-reactive ketones (excluding diaryl/α,β-unsaturated/α-hetero) is 1. The minimum absolute atomic E-state index is 0.253. The monoisotopic (exact) mass is 396 g/mol. The molecule has 2 aromatic heterocycles. The molecule has 1 N–H and O–H groups in total. The van der Waals surface area contributed by atoms with Gasteiger partial charge in [0.1, 0.15) is 0 Å². The summed E-state index contributed by atoms with van der Waals surface area (Å²) in [6, 6.07) is 16.2. The first-order valence-corrected chi connectivity index (χ1v) is 10.9. The molecule has 0 amide bonds. The summed E-state index contributed by atoms with van der Waals surface area (Å²) in [7, 11) is 0. The molecule has 0 bridgehead atoms. The van der Waals surface area contributed by atoms with Crippen LogP contribution in [0.2, 0.25) is 0 Å². The van der Waals surface area contributed by atoms with Crippen molar-refractivity contribution in [2.75, 3.05) is 11.9 Å². The van der Waals surface area contributed by atoms with Gasteiger partial charge in [-0.3, -0.25) is 9.20 Å². The average Bonchev–Trinajstić information content (AvgIpc) is 3.71. The summed E-state index contributed by atoms with van der Waals surface area (Å²) in [6.45, 7) is 0.945. The van der Waals surface area contributed by atoms with Gasteiger partial charge in [0.25, 0.3) is 0 Å². The van der Waals surface area contributed by atoms with E-state index in [4.69, 9.17) is 9.97 Å². The van der Waals surface area contributed by atoms with Crippen LogP contribution in [0.15, 0.2) is 54.7 Å². The second kappa shape index (κ2) is 6.94. The molecular formula is C25H24N4O. The first-order valence-electron chi connectivity index (χ1n) is 10.9. The van der Waals surface area contributed by atoms with Crippen LogP contribution in [0.3, 0.4) is 0 Å². The molecule has 4 aromatic rings. The molecule has 150 valence electrons. The smallest absolute Gasteiger partial charge is 0.181 e. The number of anilines is 1. The molecule has 2 aromatic carbocycles. The number of hydrogen-bond donors (Lipinski definition) is 1. The Bertz CT molecular complexity index is 1250. The minimum Gasteiger partial charge on any atom is -0.367 e. The van der Waals surface area contributed by atoms with E-state index in [-0.39, 0.29) is 5.78 Å². The number of ketones is 1. The minimum atomic E-state index is 0.253. The van der Waals surface area contributed by atoms with E-state index >= 15 is 0 Å². The lowest BCUT2D eigenvalue weighted by Gasteiger charge is -2.11. The van der Waals surface area contributed by atoms with Gasteiger partial charge in [0, 0.05) is 24.1 Å². The topological polar surface area (TPSA) is 59.3 Å². The summed E-state index contributed by atoms with van der Waals surface area (Å²) in [5.74, 6) is 2.45. The maximum absolute atomic E-state index is 12.4. The maximum atomic E-state index is 12.4. The van der Waals surface area contributed by atoms with E-state index < -0.39 is 0 Å². The quantitative estimate of drug-likeness (QED) is 0.428. The van der Waals surface area contributed by atoms with Crippen LogP contribution in [0, 0.1) is 11.8 Å². The standard InChI is InChI=1S/C25H24N4O/c30-23(13-16-5-6-16)19-11-9-18(10-12-19)22-15-27-25-24(26-14-17-7-8-17)28-20-3-1-2-4-21(20)29(22)25/h1-4,9-12,15-17H,5-8,13-14H2,(H,26,28). The Labute approximate surface area is 175 Å². The Morgan fingerprint density at radius 3 is 2.53 bits per heavy atom. The molecule has 5 nitrogen and oxygen atoms in total. The maximum Gasteiger partial charge on any atom is 0.181 e. The summed E-state index contributed by atoms with van der Waals surface area (Å²) in [4.78, 5) is 22.0. The van der Waals surface area contributed by atoms with Crippen molar-refractivity contribution in [2.45, 2.75) is 32.1 Å². The molecule has 0 atom stereocenters. The number of carbonyl (C=O) groups excluding carboxylic acids is 1. The van der Waals surface area contributed by atoms with Gasteiger partial charge in [-0.1, -0.05) is 36.4 Å². The van der Waals surface area contributed by atoms with Crippen LogP contribution < -0.4 is 5.32 Å². The Balaban J connectivity index is 1.42. The largest absolute Gasteiger partial charge is 0.367 e. The van der Waals surface area contributed by atoms with E-state index in [0.29, 0.717) is 12.3 Å². The molecule has 0 saturated heterocycles. The van der Waals surface area contributed by atoms with Crippen LogP contribution in [0.1, 0.15) is 42.5 Å². The van der Waals surface area contributed by atoms with Crippen LogP contribution in [0.5, 0.6) is 0 Å². The molecule has 2 aliphatic carbocycles. The van der Waals surface area contributed by atoms with Gasteiger partial charge in [0.2, 0.25) is 0 Å². The molecule has 2 aliphatic rings. The molecular weight excluding hydrogens is 372 g/mol. The van der Waals surface area contributed by atoms with Crippen molar-refractivity contribution in [3.63, 3.8) is 0 Å². The highest BCUT2D eigenvalue weighted by molar-refractivity contribution is 5.97. The number of fused-ring (bicyclic) bond motifs is 3. The average molecular weight is 396 g/mol. The number of hydrogen-bond acceptors (Lipinski definition) is 4. The van der Waals surface area contributed by atoms with Gasteiger partial charge in [-0.2, -0.15) is 0 Å². The van der Waals surface area contributed by atoms with E-state index in [2.05, 4.69) is 15.8 Å². The number of nitrogens with zero attached hydrogens (tertiary/aromatic N) is 3. The summed E-state index contributed by atoms with van der Waals surface area (Å²) in [5.41, 5.74) is 5.69. The highest BCUT2D eigenvalue weighted by Gasteiger charge is 2.25. The first-order chi connectivity index (χ1) is 14.8. The SMILES string of the molecule is O=C(CC1CC1)c1ccc(-c2cnc3c(NCC4CC4)nc4ccccc4n23)cc1. The van der Waals surface area contributed by atoms with Crippen molar-refractivity contribution < 1.29 is 4.79 Å². The molecule has 2 saturated carbocycles. The molecule has 30 heavy (non-hydrogen) atoms. The van der Waals surface area contributed by atoms with Crippen molar-refractivity contribution in [1.29, 1.82) is 0 Å². The van der Waals surface area contributed by atoms with Crippen LogP contribution in [-0.2, 0) is 0 Å². The molecule has 2 fully saturated rings. The fourth-order valence-electron chi connectivity index (χ4n) is 4.10. The first kappa shape index (κ1) is 17.6. The molecule has 0 radical (unpaired) electrons. The number of carbonyl (C=O) groups is 1. The molecule has 5 heteroatoms. The van der Waals surface area contributed by atoms with Crippen LogP contribution in [0.25, 0.3) is 27.9 Å². The van der Waals surface area contributed by atoms with Crippen molar-refractivity contribution in [3.05, 3.63) is 60.3 Å². The second-order valence-electron chi connectivity index (χ2n) is 8.72. The summed E-state index contributed by atoms with van der Waals surface area (Å²) in [5, 5.41) is 3.52. The highest BCUT2D eigenvalue weighted by Crippen LogP contribution is 2.34. The van der Waals surface area contributed by atoms with E-state index in [1.165, 1.54) is 25.7 Å². The molecule has 0 spiro atoms. The van der Waals surface area contributed by atoms with Gasteiger partial charge in [0.15, 0.2) is 17.2 Å². The lowest BCUT2D eigenvalue weighted by molar-refractivity contribution is 0.0976. The molecule has 0 aliphatic heterocycles. The normalized spacial score (nSPS) is 16.3. The predicted octanol–water partition coefficient (Wildman–Crippen LogP) is 5.35. The van der Waals surface area contributed by atoms with Gasteiger partial charge in [-0.15, -0.1) is 0 Å². The third-order valence-corrected chi connectivity index (χ3v) is 6.26. The zero-order chi connectivity index (χ0) is 20.1. The van der Waals surface area contributed by atoms with Crippen LogP contribution >= 0.6 is 0 Å². The van der Waals surface area contributed by atoms with Gasteiger partial charge in [-0.25, -0.2) is 9.97 Å². The van der Waals surface area contributed by atoms with Gasteiger partial charge >= 0.3 is 0 Å². The zero-order valence-corrected chi connectivity index (χ0v) is 16.8. The third-order valence-electron chi connectivity index (χ3n) is 6.26. The number of aromatic nitrogens is 3. The Kier molecular flexibility index (Phi) is 4.08. The lowest BCUT2D eigenvalue weighted by Crippen LogP contribution is -2.08. The number of nitrogens with one attached hydrogen (secondary N) is 1. The second-order valence-corrected chi connectivity index (χ2v) is 8.72. The van der Waals surface area contributed by atoms with Crippen LogP contribution in [0.4, 0.5) is 5.82 Å². The van der Waals surface area contributed by atoms with E-state index in [1.807, 2.05) is 48.7 Å². The van der Waals surface area contributed by atoms with Crippen molar-refractivity contribution in [2.24, 2.45) is 11.8 Å². The van der Waals surface area contributed by atoms with E-state index in [0.717, 1.165) is 51.8 Å². The Hall–Kier alpha value is -3.21.